The first-order valence-corrected chi connectivity index (χ1v) is 10.7. The van der Waals surface area contributed by atoms with E-state index in [2.05, 4.69) is 10.3 Å². The van der Waals surface area contributed by atoms with Crippen molar-refractivity contribution in [2.45, 2.75) is 0 Å². The van der Waals surface area contributed by atoms with E-state index in [0.29, 0.717) is 58.4 Å². The third-order valence-corrected chi connectivity index (χ3v) is 5.41. The monoisotopic (exact) mass is 462 g/mol. The average Bonchev–Trinajstić information content (AvgIpc) is 3.32. The molecule has 176 valence electrons. The van der Waals surface area contributed by atoms with Crippen LogP contribution in [0.1, 0.15) is 10.4 Å². The molecule has 1 amide bonds. The summed E-state index contributed by atoms with van der Waals surface area (Å²) in [6.45, 7) is 0.888. The Balaban J connectivity index is 1.76. The molecule has 0 fully saturated rings. The van der Waals surface area contributed by atoms with Crippen LogP contribution in [0.5, 0.6) is 17.2 Å². The molecule has 0 unspecified atom stereocenters. The highest BCUT2D eigenvalue weighted by Gasteiger charge is 2.19. The number of methoxy groups -OCH3 is 4. The third kappa shape index (κ3) is 4.53. The zero-order chi connectivity index (χ0) is 24.1. The molecule has 0 aliphatic rings. The lowest BCUT2D eigenvalue weighted by Crippen LogP contribution is -2.26. The number of hydrogen-bond acceptors (Lipinski definition) is 7. The summed E-state index contributed by atoms with van der Waals surface area (Å²) in [7, 11) is 6.32. The Morgan fingerprint density at radius 1 is 0.912 bits per heavy atom. The summed E-state index contributed by atoms with van der Waals surface area (Å²) >= 11 is 0. The average molecular weight is 463 g/mol. The van der Waals surface area contributed by atoms with Gasteiger partial charge in [0.1, 0.15) is 17.0 Å². The second-order valence-corrected chi connectivity index (χ2v) is 7.42. The van der Waals surface area contributed by atoms with Gasteiger partial charge in [-0.05, 0) is 29.8 Å². The van der Waals surface area contributed by atoms with Gasteiger partial charge in [-0.3, -0.25) is 9.78 Å². The van der Waals surface area contributed by atoms with E-state index in [4.69, 9.17) is 23.4 Å². The topological polar surface area (TPSA) is 92.1 Å². The van der Waals surface area contributed by atoms with Gasteiger partial charge in [0.25, 0.3) is 5.91 Å². The van der Waals surface area contributed by atoms with Crippen molar-refractivity contribution in [1.82, 2.24) is 10.3 Å². The summed E-state index contributed by atoms with van der Waals surface area (Å²) in [5, 5.41) is 2.84. The first-order valence-electron chi connectivity index (χ1n) is 10.7. The number of fused-ring (bicyclic) bond motifs is 1. The van der Waals surface area contributed by atoms with Gasteiger partial charge in [0.2, 0.25) is 0 Å². The standard InChI is InChI=1S/C26H26N2O6/c1-30-11-10-28-26(29)17-7-5-6-16(12-17)18-8-9-27-20-14-22(34-25(18)20)19-13-23(32-3)24(33-4)15-21(19)31-2/h5-9,12-15H,10-11H2,1-4H3,(H,28,29). The van der Waals surface area contributed by atoms with E-state index >= 15 is 0 Å². The zero-order valence-corrected chi connectivity index (χ0v) is 19.5. The SMILES string of the molecule is COCCNC(=O)c1cccc(-c2ccnc3cc(-c4cc(OC)c(OC)cc4OC)oc23)c1. The molecule has 1 N–H and O–H groups in total. The van der Waals surface area contributed by atoms with Crippen molar-refractivity contribution in [2.75, 3.05) is 41.6 Å². The molecule has 0 aliphatic heterocycles. The van der Waals surface area contributed by atoms with Gasteiger partial charge in [-0.1, -0.05) is 12.1 Å². The number of nitrogens with zero attached hydrogens (tertiary/aromatic N) is 1. The second-order valence-electron chi connectivity index (χ2n) is 7.42. The van der Waals surface area contributed by atoms with Gasteiger partial charge in [0.05, 0.1) is 33.5 Å². The van der Waals surface area contributed by atoms with E-state index in [1.54, 1.807) is 52.8 Å². The summed E-state index contributed by atoms with van der Waals surface area (Å²) in [6, 6.07) is 14.6. The number of rotatable bonds is 9. The Hall–Kier alpha value is -4.04. The summed E-state index contributed by atoms with van der Waals surface area (Å²) < 4.78 is 27.7. The summed E-state index contributed by atoms with van der Waals surface area (Å²) in [4.78, 5) is 17.0. The van der Waals surface area contributed by atoms with E-state index in [1.165, 1.54) is 0 Å². The van der Waals surface area contributed by atoms with Crippen LogP contribution in [-0.2, 0) is 4.74 Å². The fraction of sp³-hybridized carbons (Fsp3) is 0.231. The van der Waals surface area contributed by atoms with Crippen LogP contribution in [0, 0.1) is 0 Å². The first-order chi connectivity index (χ1) is 16.6. The molecule has 8 heteroatoms. The predicted molar refractivity (Wildman–Crippen MR) is 129 cm³/mol. The van der Waals surface area contributed by atoms with E-state index in [-0.39, 0.29) is 5.91 Å². The molecule has 0 bridgehead atoms. The van der Waals surface area contributed by atoms with Crippen LogP contribution in [-0.4, -0.2) is 52.5 Å². The van der Waals surface area contributed by atoms with Crippen molar-refractivity contribution in [3.63, 3.8) is 0 Å². The molecule has 0 radical (unpaired) electrons. The largest absolute Gasteiger partial charge is 0.496 e. The van der Waals surface area contributed by atoms with Crippen LogP contribution in [0.15, 0.2) is 59.1 Å². The van der Waals surface area contributed by atoms with E-state index < -0.39 is 0 Å². The molecule has 0 aliphatic carbocycles. The van der Waals surface area contributed by atoms with E-state index in [0.717, 1.165) is 11.1 Å². The lowest BCUT2D eigenvalue weighted by atomic mass is 10.0. The highest BCUT2D eigenvalue weighted by atomic mass is 16.5. The van der Waals surface area contributed by atoms with Gasteiger partial charge in [-0.25, -0.2) is 0 Å². The van der Waals surface area contributed by atoms with Crippen LogP contribution < -0.4 is 19.5 Å². The molecular weight excluding hydrogens is 436 g/mol. The van der Waals surface area contributed by atoms with Gasteiger partial charge in [-0.15, -0.1) is 0 Å². The number of benzene rings is 2. The van der Waals surface area contributed by atoms with Crippen molar-refractivity contribution in [3.8, 4) is 39.7 Å². The summed E-state index contributed by atoms with van der Waals surface area (Å²) in [5.41, 5.74) is 4.20. The third-order valence-electron chi connectivity index (χ3n) is 5.41. The number of furan rings is 1. The molecule has 0 spiro atoms. The van der Waals surface area contributed by atoms with Crippen molar-refractivity contribution >= 4 is 17.0 Å². The number of amides is 1. The van der Waals surface area contributed by atoms with Crippen molar-refractivity contribution < 1.29 is 28.2 Å². The van der Waals surface area contributed by atoms with Crippen LogP contribution >= 0.6 is 0 Å². The Bertz CT molecular complexity index is 1310. The first kappa shape index (κ1) is 23.1. The minimum Gasteiger partial charge on any atom is -0.496 e. The number of aromatic nitrogens is 1. The molecule has 0 saturated carbocycles. The van der Waals surface area contributed by atoms with Crippen molar-refractivity contribution in [2.24, 2.45) is 0 Å². The second kappa shape index (κ2) is 10.3. The Labute approximate surface area is 197 Å². The molecule has 4 aromatic rings. The highest BCUT2D eigenvalue weighted by molar-refractivity contribution is 5.98. The molecule has 2 aromatic carbocycles. The van der Waals surface area contributed by atoms with E-state index in [1.807, 2.05) is 30.3 Å². The normalized spacial score (nSPS) is 10.8. The van der Waals surface area contributed by atoms with Crippen LogP contribution in [0.25, 0.3) is 33.6 Å². The smallest absolute Gasteiger partial charge is 0.251 e. The minimum atomic E-state index is -0.167. The van der Waals surface area contributed by atoms with Gasteiger partial charge in [-0.2, -0.15) is 0 Å². The lowest BCUT2D eigenvalue weighted by Gasteiger charge is -2.12. The highest BCUT2D eigenvalue weighted by Crippen LogP contribution is 2.42. The molecular formula is C26H26N2O6. The number of hydrogen-bond donors (Lipinski definition) is 1. The van der Waals surface area contributed by atoms with Crippen molar-refractivity contribution in [1.29, 1.82) is 0 Å². The molecule has 2 aromatic heterocycles. The van der Waals surface area contributed by atoms with Crippen LogP contribution in [0.4, 0.5) is 0 Å². The van der Waals surface area contributed by atoms with Crippen LogP contribution in [0.3, 0.4) is 0 Å². The number of nitrogens with one attached hydrogen (secondary N) is 1. The van der Waals surface area contributed by atoms with Gasteiger partial charge in [0, 0.05) is 43.1 Å². The van der Waals surface area contributed by atoms with Gasteiger partial charge >= 0.3 is 0 Å². The number of ether oxygens (including phenoxy) is 4. The summed E-state index contributed by atoms with van der Waals surface area (Å²) in [5.74, 6) is 2.09. The molecule has 4 rings (SSSR count). The molecule has 34 heavy (non-hydrogen) atoms. The molecule has 2 heterocycles. The predicted octanol–water partition coefficient (Wildman–Crippen LogP) is 4.56. The Morgan fingerprint density at radius 2 is 1.68 bits per heavy atom. The van der Waals surface area contributed by atoms with Gasteiger partial charge < -0.3 is 28.7 Å². The number of pyridine rings is 1. The fourth-order valence-electron chi connectivity index (χ4n) is 3.72. The number of carbonyl (C=O) groups excluding carboxylic acids is 1. The molecule has 8 nitrogen and oxygen atoms in total. The number of carbonyl (C=O) groups is 1. The fourth-order valence-corrected chi connectivity index (χ4v) is 3.72. The quantitative estimate of drug-likeness (QED) is 0.365. The lowest BCUT2D eigenvalue weighted by molar-refractivity contribution is 0.0937. The molecule has 0 atom stereocenters. The summed E-state index contributed by atoms with van der Waals surface area (Å²) in [6.07, 6.45) is 1.72. The van der Waals surface area contributed by atoms with Gasteiger partial charge in [0.15, 0.2) is 17.1 Å². The van der Waals surface area contributed by atoms with E-state index in [9.17, 15) is 4.79 Å². The maximum atomic E-state index is 12.5. The Kier molecular flexibility index (Phi) is 6.98. The van der Waals surface area contributed by atoms with Crippen LogP contribution in [0.2, 0.25) is 0 Å². The van der Waals surface area contributed by atoms with Crippen molar-refractivity contribution in [3.05, 3.63) is 60.3 Å². The maximum absolute atomic E-state index is 12.5. The Morgan fingerprint density at radius 3 is 2.41 bits per heavy atom. The maximum Gasteiger partial charge on any atom is 0.251 e. The minimum absolute atomic E-state index is 0.167. The molecule has 0 saturated heterocycles. The zero-order valence-electron chi connectivity index (χ0n) is 19.5.